The lowest BCUT2D eigenvalue weighted by Gasteiger charge is -2.43. The monoisotopic (exact) mass is 476 g/mol. The van der Waals surface area contributed by atoms with Gasteiger partial charge in [0.15, 0.2) is 11.6 Å². The van der Waals surface area contributed by atoms with E-state index in [2.05, 4.69) is 60.0 Å². The number of anilines is 1. The summed E-state index contributed by atoms with van der Waals surface area (Å²) in [5.41, 5.74) is 1.53. The van der Waals surface area contributed by atoms with E-state index in [0.717, 1.165) is 32.6 Å². The molecule has 2 aliphatic heterocycles. The summed E-state index contributed by atoms with van der Waals surface area (Å²) < 4.78 is 21.0. The zero-order valence-corrected chi connectivity index (χ0v) is 18.0. The molecule has 0 aliphatic carbocycles. The van der Waals surface area contributed by atoms with Gasteiger partial charge in [-0.1, -0.05) is 41.9 Å². The minimum absolute atomic E-state index is 0.177. The van der Waals surface area contributed by atoms with E-state index in [9.17, 15) is 4.39 Å². The molecule has 3 aromatic rings. The molecule has 0 amide bonds. The maximum atomic E-state index is 14.8. The molecule has 1 fully saturated rings. The van der Waals surface area contributed by atoms with E-state index in [4.69, 9.17) is 16.3 Å². The van der Waals surface area contributed by atoms with Crippen LogP contribution in [0.25, 0.3) is 10.9 Å². The molecule has 29 heavy (non-hydrogen) atoms. The van der Waals surface area contributed by atoms with Crippen LogP contribution in [0.3, 0.4) is 0 Å². The van der Waals surface area contributed by atoms with Crippen molar-refractivity contribution < 1.29 is 9.13 Å². The summed E-state index contributed by atoms with van der Waals surface area (Å²) in [5.74, 6) is 0.666. The molecule has 8 heteroatoms. The predicted molar refractivity (Wildman–Crippen MR) is 115 cm³/mol. The molecule has 2 aliphatic rings. The Bertz CT molecular complexity index is 1070. The second kappa shape index (κ2) is 7.70. The Morgan fingerprint density at radius 3 is 2.86 bits per heavy atom. The number of fused-ring (bicyclic) bond motifs is 2. The minimum Gasteiger partial charge on any atom is -0.491 e. The number of halogens is 3. The summed E-state index contributed by atoms with van der Waals surface area (Å²) in [7, 11) is 0. The number of aromatic nitrogens is 2. The third-order valence-corrected chi connectivity index (χ3v) is 6.97. The van der Waals surface area contributed by atoms with Gasteiger partial charge in [-0.25, -0.2) is 14.4 Å². The van der Waals surface area contributed by atoms with Crippen LogP contribution in [0.1, 0.15) is 12.0 Å². The van der Waals surface area contributed by atoms with E-state index in [1.54, 1.807) is 0 Å². The van der Waals surface area contributed by atoms with Gasteiger partial charge in [0.25, 0.3) is 0 Å². The number of piperazine rings is 1. The molecule has 0 N–H and O–H groups in total. The molecule has 150 valence electrons. The third-order valence-electron chi connectivity index (χ3n) is 5.63. The van der Waals surface area contributed by atoms with Gasteiger partial charge in [-0.3, -0.25) is 4.90 Å². The Labute approximate surface area is 181 Å². The van der Waals surface area contributed by atoms with E-state index < -0.39 is 5.82 Å². The quantitative estimate of drug-likeness (QED) is 0.502. The highest BCUT2D eigenvalue weighted by atomic mass is 79.9. The van der Waals surface area contributed by atoms with Crippen molar-refractivity contribution in [3.8, 4) is 5.75 Å². The van der Waals surface area contributed by atoms with Gasteiger partial charge in [-0.2, -0.15) is 0 Å². The van der Waals surface area contributed by atoms with Crippen LogP contribution in [0, 0.1) is 5.82 Å². The van der Waals surface area contributed by atoms with Crippen molar-refractivity contribution in [3.63, 3.8) is 0 Å². The van der Waals surface area contributed by atoms with Crippen LogP contribution in [-0.4, -0.2) is 47.2 Å². The summed E-state index contributed by atoms with van der Waals surface area (Å²) in [6, 6.07) is 10.7. The molecule has 1 saturated heterocycles. The smallest absolute Gasteiger partial charge is 0.165 e. The van der Waals surface area contributed by atoms with Crippen molar-refractivity contribution in [1.29, 1.82) is 0 Å². The number of rotatable bonds is 2. The van der Waals surface area contributed by atoms with Crippen molar-refractivity contribution in [2.45, 2.75) is 19.0 Å². The number of nitrogens with zero attached hydrogens (tertiary/aromatic N) is 4. The highest BCUT2D eigenvalue weighted by Crippen LogP contribution is 2.45. The van der Waals surface area contributed by atoms with Crippen LogP contribution in [0.5, 0.6) is 5.75 Å². The summed E-state index contributed by atoms with van der Waals surface area (Å²) in [4.78, 5) is 13.4. The fourth-order valence-corrected chi connectivity index (χ4v) is 4.84. The van der Waals surface area contributed by atoms with Gasteiger partial charge in [0, 0.05) is 38.6 Å². The Morgan fingerprint density at radius 1 is 1.21 bits per heavy atom. The highest BCUT2D eigenvalue weighted by molar-refractivity contribution is 9.10. The van der Waals surface area contributed by atoms with Gasteiger partial charge in [-0.05, 0) is 21.5 Å². The first kappa shape index (κ1) is 19.0. The summed E-state index contributed by atoms with van der Waals surface area (Å²) in [5, 5.41) is 0.784. The van der Waals surface area contributed by atoms with E-state index >= 15 is 0 Å². The van der Waals surface area contributed by atoms with Crippen LogP contribution in [0.15, 0.2) is 41.1 Å². The fraction of sp³-hybridized carbons (Fsp3) is 0.333. The van der Waals surface area contributed by atoms with Gasteiger partial charge < -0.3 is 9.64 Å². The zero-order chi connectivity index (χ0) is 20.0. The first-order chi connectivity index (χ1) is 14.1. The first-order valence-electron chi connectivity index (χ1n) is 9.60. The molecule has 2 aromatic carbocycles. The topological polar surface area (TPSA) is 41.5 Å². The lowest BCUT2D eigenvalue weighted by molar-refractivity contribution is 0.191. The maximum Gasteiger partial charge on any atom is 0.165 e. The molecule has 5 nitrogen and oxygen atoms in total. The normalized spacial score (nSPS) is 19.4. The summed E-state index contributed by atoms with van der Waals surface area (Å²) in [6.07, 6.45) is 2.25. The molecule has 0 spiro atoms. The average Bonchev–Trinajstić information content (AvgIpc) is 2.74. The number of hydrogen-bond donors (Lipinski definition) is 0. The van der Waals surface area contributed by atoms with Crippen molar-refractivity contribution >= 4 is 44.3 Å². The predicted octanol–water partition coefficient (Wildman–Crippen LogP) is 4.66. The Kier molecular flexibility index (Phi) is 5.05. The van der Waals surface area contributed by atoms with E-state index in [1.807, 2.05) is 6.07 Å². The zero-order valence-electron chi connectivity index (χ0n) is 15.6. The number of hydrogen-bond acceptors (Lipinski definition) is 5. The van der Waals surface area contributed by atoms with E-state index in [-0.39, 0.29) is 21.1 Å². The lowest BCUT2D eigenvalue weighted by Crippen LogP contribution is -2.54. The fourth-order valence-electron chi connectivity index (χ4n) is 4.24. The second-order valence-electron chi connectivity index (χ2n) is 7.40. The van der Waals surface area contributed by atoms with Gasteiger partial charge >= 0.3 is 0 Å². The average molecular weight is 478 g/mol. The molecule has 5 rings (SSSR count). The molecular weight excluding hydrogens is 459 g/mol. The largest absolute Gasteiger partial charge is 0.491 e. The molecule has 0 bridgehead atoms. The van der Waals surface area contributed by atoms with Crippen LogP contribution in [0.4, 0.5) is 10.2 Å². The standard InChI is InChI=1S/C21H19BrClFN4O/c22-16-17(23)20-15-19(18(16)24)25-12-26-21(15)28-8-7-27(11-14(28)6-9-29-20)10-13-4-2-1-3-5-13/h1-5,12,14H,6-11H2. The number of ether oxygens (including phenoxy) is 1. The summed E-state index contributed by atoms with van der Waals surface area (Å²) in [6.45, 7) is 4.01. The van der Waals surface area contributed by atoms with Crippen molar-refractivity contribution in [2.75, 3.05) is 31.1 Å². The maximum absolute atomic E-state index is 14.8. The Morgan fingerprint density at radius 2 is 2.03 bits per heavy atom. The molecule has 1 aromatic heterocycles. The van der Waals surface area contributed by atoms with Gasteiger partial charge in [-0.15, -0.1) is 0 Å². The minimum atomic E-state index is -0.485. The molecule has 0 radical (unpaired) electrons. The SMILES string of the molecule is Fc1c(Br)c(Cl)c2c3c(ncnc13)N1CCN(Cc3ccccc3)CC1CCO2. The van der Waals surface area contributed by atoms with E-state index in [1.165, 1.54) is 11.9 Å². The third kappa shape index (κ3) is 3.35. The van der Waals surface area contributed by atoms with Crippen LogP contribution >= 0.6 is 27.5 Å². The van der Waals surface area contributed by atoms with Crippen molar-refractivity contribution in [2.24, 2.45) is 0 Å². The first-order valence-corrected chi connectivity index (χ1v) is 10.8. The molecule has 1 unspecified atom stereocenters. The molecule has 1 atom stereocenters. The highest BCUT2D eigenvalue weighted by Gasteiger charge is 2.33. The van der Waals surface area contributed by atoms with Gasteiger partial charge in [0.2, 0.25) is 0 Å². The Hall–Kier alpha value is -1.96. The van der Waals surface area contributed by atoms with Crippen LogP contribution in [-0.2, 0) is 6.54 Å². The molecule has 0 saturated carbocycles. The van der Waals surface area contributed by atoms with Gasteiger partial charge in [0.05, 0.1) is 16.5 Å². The van der Waals surface area contributed by atoms with E-state index in [0.29, 0.717) is 23.6 Å². The lowest BCUT2D eigenvalue weighted by atomic mass is 10.0. The molecular formula is C21H19BrClFN4O. The number of benzene rings is 2. The van der Waals surface area contributed by atoms with Crippen molar-refractivity contribution in [1.82, 2.24) is 14.9 Å². The van der Waals surface area contributed by atoms with Crippen LogP contribution in [0.2, 0.25) is 5.02 Å². The molecule has 3 heterocycles. The second-order valence-corrected chi connectivity index (χ2v) is 8.57. The summed E-state index contributed by atoms with van der Waals surface area (Å²) >= 11 is 9.63. The van der Waals surface area contributed by atoms with Crippen molar-refractivity contribution in [3.05, 3.63) is 57.5 Å². The Balaban J connectivity index is 1.52. The van der Waals surface area contributed by atoms with Crippen LogP contribution < -0.4 is 9.64 Å². The van der Waals surface area contributed by atoms with Gasteiger partial charge in [0.1, 0.15) is 22.7 Å².